The van der Waals surface area contributed by atoms with Crippen molar-refractivity contribution < 1.29 is 4.74 Å². The zero-order chi connectivity index (χ0) is 15.3. The van der Waals surface area contributed by atoms with Gasteiger partial charge in [-0.1, -0.05) is 62.6 Å². The van der Waals surface area contributed by atoms with Gasteiger partial charge >= 0.3 is 0 Å². The fraction of sp³-hybridized carbons (Fsp3) is 0.812. The third kappa shape index (κ3) is 8.44. The average Bonchev–Trinajstić information content (AvgIpc) is 2.85. The highest BCUT2D eigenvalue weighted by molar-refractivity contribution is 8.31. The molecule has 1 aliphatic rings. The second kappa shape index (κ2) is 12.8. The largest absolute Gasteiger partial charge is 0.357 e. The Kier molecular flexibility index (Phi) is 11.7. The molecule has 0 spiro atoms. The average molecular weight is 346 g/mol. The Labute approximate surface area is 142 Å². The third-order valence-electron chi connectivity index (χ3n) is 3.18. The molecule has 0 amide bonds. The minimum Gasteiger partial charge on any atom is -0.357 e. The van der Waals surface area contributed by atoms with Crippen LogP contribution in [0.4, 0.5) is 0 Å². The Morgan fingerprint density at radius 3 is 2.62 bits per heavy atom. The minimum absolute atomic E-state index is 0.231. The standard InChI is InChI=1S/C16H27NOS3/c1-3-5-6-7-8-9-11-14-15(19-13-10-12-17)21-16(20-14)18-4-2/h16H,3-11,13H2,1-2H3. The number of rotatable bonds is 12. The maximum absolute atomic E-state index is 8.67. The summed E-state index contributed by atoms with van der Waals surface area (Å²) in [4.78, 5) is 1.50. The number of allylic oxidation sites excluding steroid dienone is 1. The zero-order valence-electron chi connectivity index (χ0n) is 13.2. The Morgan fingerprint density at radius 2 is 1.90 bits per heavy atom. The van der Waals surface area contributed by atoms with Gasteiger partial charge in [0.05, 0.1) is 10.3 Å². The van der Waals surface area contributed by atoms with Gasteiger partial charge in [0.1, 0.15) is 0 Å². The molecule has 0 aromatic carbocycles. The van der Waals surface area contributed by atoms with Crippen LogP contribution in [0.15, 0.2) is 9.14 Å². The summed E-state index contributed by atoms with van der Waals surface area (Å²) in [5, 5.41) is 8.67. The van der Waals surface area contributed by atoms with Crippen molar-refractivity contribution in [1.82, 2.24) is 0 Å². The monoisotopic (exact) mass is 345 g/mol. The topological polar surface area (TPSA) is 33.0 Å². The fourth-order valence-electron chi connectivity index (χ4n) is 2.08. The normalized spacial score (nSPS) is 18.2. The number of unbranched alkanes of at least 4 members (excludes halogenated alkanes) is 5. The van der Waals surface area contributed by atoms with Crippen molar-refractivity contribution in [3.05, 3.63) is 9.14 Å². The van der Waals surface area contributed by atoms with Crippen LogP contribution in [-0.4, -0.2) is 17.1 Å². The highest BCUT2D eigenvalue weighted by Crippen LogP contribution is 2.52. The predicted octanol–water partition coefficient (Wildman–Crippen LogP) is 6.35. The van der Waals surface area contributed by atoms with Gasteiger partial charge in [0.25, 0.3) is 0 Å². The molecule has 0 fully saturated rings. The van der Waals surface area contributed by atoms with E-state index in [1.807, 2.05) is 35.3 Å². The van der Waals surface area contributed by atoms with Crippen molar-refractivity contribution in [3.63, 3.8) is 0 Å². The summed E-state index contributed by atoms with van der Waals surface area (Å²) in [5.74, 6) is 0.901. The molecule has 1 aliphatic heterocycles. The second-order valence-corrected chi connectivity index (χ2v) is 8.86. The van der Waals surface area contributed by atoms with Crippen LogP contribution in [0.2, 0.25) is 0 Å². The van der Waals surface area contributed by atoms with Crippen LogP contribution in [0, 0.1) is 11.3 Å². The zero-order valence-corrected chi connectivity index (χ0v) is 15.7. The first-order valence-corrected chi connectivity index (χ1v) is 10.7. The molecule has 1 rings (SSSR count). The van der Waals surface area contributed by atoms with Crippen LogP contribution in [0.1, 0.15) is 65.2 Å². The van der Waals surface area contributed by atoms with Crippen molar-refractivity contribution >= 4 is 35.3 Å². The van der Waals surface area contributed by atoms with Crippen molar-refractivity contribution in [2.45, 2.75) is 70.0 Å². The maximum atomic E-state index is 8.67. The van der Waals surface area contributed by atoms with E-state index in [0.717, 1.165) is 12.4 Å². The number of hydrogen-bond acceptors (Lipinski definition) is 5. The van der Waals surface area contributed by atoms with E-state index < -0.39 is 0 Å². The predicted molar refractivity (Wildman–Crippen MR) is 98.3 cm³/mol. The SMILES string of the molecule is CCCCCCCCC1=C(SCCC#N)SC(OCC)S1. The van der Waals surface area contributed by atoms with E-state index in [2.05, 4.69) is 19.9 Å². The van der Waals surface area contributed by atoms with Gasteiger partial charge in [-0.05, 0) is 19.8 Å². The highest BCUT2D eigenvalue weighted by Gasteiger charge is 2.26. The molecular weight excluding hydrogens is 318 g/mol. The first kappa shape index (κ1) is 19.3. The van der Waals surface area contributed by atoms with Crippen LogP contribution < -0.4 is 0 Å². The fourth-order valence-corrected chi connectivity index (χ4v) is 6.53. The summed E-state index contributed by atoms with van der Waals surface area (Å²) < 4.78 is 7.37. The molecule has 1 heterocycles. The van der Waals surface area contributed by atoms with Gasteiger partial charge in [0.15, 0.2) is 4.77 Å². The molecule has 21 heavy (non-hydrogen) atoms. The lowest BCUT2D eigenvalue weighted by Crippen LogP contribution is -1.99. The van der Waals surface area contributed by atoms with Gasteiger partial charge in [-0.2, -0.15) is 5.26 Å². The van der Waals surface area contributed by atoms with Gasteiger partial charge in [-0.25, -0.2) is 0 Å². The van der Waals surface area contributed by atoms with E-state index in [1.165, 1.54) is 54.1 Å². The van der Waals surface area contributed by atoms with Crippen molar-refractivity contribution in [2.75, 3.05) is 12.4 Å². The molecule has 0 saturated carbocycles. The quantitative estimate of drug-likeness (QED) is 0.385. The summed E-state index contributed by atoms with van der Waals surface area (Å²) in [6.07, 6.45) is 9.86. The van der Waals surface area contributed by atoms with Crippen molar-refractivity contribution in [2.24, 2.45) is 0 Å². The summed E-state index contributed by atoms with van der Waals surface area (Å²) in [6.45, 7) is 5.08. The number of hydrogen-bond donors (Lipinski definition) is 0. The summed E-state index contributed by atoms with van der Waals surface area (Å²) in [5.41, 5.74) is 0. The number of thioether (sulfide) groups is 3. The van der Waals surface area contributed by atoms with E-state index >= 15 is 0 Å². The number of ether oxygens (including phenoxy) is 1. The molecule has 0 aromatic rings. The first-order chi connectivity index (χ1) is 10.3. The van der Waals surface area contributed by atoms with E-state index in [4.69, 9.17) is 10.00 Å². The van der Waals surface area contributed by atoms with E-state index in [0.29, 0.717) is 6.42 Å². The molecule has 0 aliphatic carbocycles. The maximum Gasteiger partial charge on any atom is 0.158 e. The first-order valence-electron chi connectivity index (χ1n) is 7.99. The van der Waals surface area contributed by atoms with E-state index in [9.17, 15) is 0 Å². The lowest BCUT2D eigenvalue weighted by atomic mass is 10.1. The van der Waals surface area contributed by atoms with E-state index in [-0.39, 0.29) is 4.77 Å². The molecule has 2 nitrogen and oxygen atoms in total. The number of nitrogens with zero attached hydrogens (tertiary/aromatic N) is 1. The Balaban J connectivity index is 2.32. The summed E-state index contributed by atoms with van der Waals surface area (Å²) in [6, 6.07) is 2.22. The van der Waals surface area contributed by atoms with Crippen molar-refractivity contribution in [3.8, 4) is 6.07 Å². The molecule has 5 heteroatoms. The lowest BCUT2D eigenvalue weighted by Gasteiger charge is -2.08. The van der Waals surface area contributed by atoms with Crippen LogP contribution >= 0.6 is 35.3 Å². The summed E-state index contributed by atoms with van der Waals surface area (Å²) in [7, 11) is 0. The molecule has 1 unspecified atom stereocenters. The van der Waals surface area contributed by atoms with Crippen molar-refractivity contribution in [1.29, 1.82) is 5.26 Å². The molecule has 120 valence electrons. The Morgan fingerprint density at radius 1 is 1.14 bits per heavy atom. The third-order valence-corrected chi connectivity index (χ3v) is 7.38. The molecule has 0 radical (unpaired) electrons. The molecule has 1 atom stereocenters. The van der Waals surface area contributed by atoms with Gasteiger partial charge in [-0.3, -0.25) is 0 Å². The van der Waals surface area contributed by atoms with Gasteiger partial charge in [0.2, 0.25) is 0 Å². The molecule has 0 N–H and O–H groups in total. The summed E-state index contributed by atoms with van der Waals surface area (Å²) >= 11 is 5.56. The minimum atomic E-state index is 0.231. The van der Waals surface area contributed by atoms with Gasteiger partial charge in [0, 0.05) is 23.7 Å². The van der Waals surface area contributed by atoms with Gasteiger partial charge in [-0.15, -0.1) is 11.8 Å². The molecule has 0 aromatic heterocycles. The number of nitriles is 1. The molecular formula is C16H27NOS3. The highest BCUT2D eigenvalue weighted by atomic mass is 32.2. The second-order valence-electron chi connectivity index (χ2n) is 4.96. The van der Waals surface area contributed by atoms with Crippen LogP contribution in [0.25, 0.3) is 0 Å². The molecule has 0 bridgehead atoms. The van der Waals surface area contributed by atoms with Gasteiger partial charge < -0.3 is 4.74 Å². The smallest absolute Gasteiger partial charge is 0.158 e. The van der Waals surface area contributed by atoms with Crippen LogP contribution in [-0.2, 0) is 4.74 Å². The van der Waals surface area contributed by atoms with E-state index in [1.54, 1.807) is 0 Å². The lowest BCUT2D eigenvalue weighted by molar-refractivity contribution is 0.179. The Bertz CT molecular complexity index is 352. The van der Waals surface area contributed by atoms with Crippen LogP contribution in [0.5, 0.6) is 0 Å². The molecule has 0 saturated heterocycles. The van der Waals surface area contributed by atoms with Crippen LogP contribution in [0.3, 0.4) is 0 Å². The Hall–Kier alpha value is 0.240.